The van der Waals surface area contributed by atoms with E-state index in [1.807, 2.05) is 58.5 Å². The van der Waals surface area contributed by atoms with E-state index in [1.165, 1.54) is 0 Å². The lowest BCUT2D eigenvalue weighted by molar-refractivity contribution is 0.532. The number of fused-ring (bicyclic) bond motifs is 1. The van der Waals surface area contributed by atoms with E-state index in [9.17, 15) is 0 Å². The molecule has 0 aliphatic heterocycles. The van der Waals surface area contributed by atoms with Gasteiger partial charge >= 0.3 is 0 Å². The van der Waals surface area contributed by atoms with Crippen LogP contribution < -0.4 is 0 Å². The van der Waals surface area contributed by atoms with Gasteiger partial charge in [0.15, 0.2) is 5.65 Å². The van der Waals surface area contributed by atoms with Crippen LogP contribution >= 0.6 is 0 Å². The summed E-state index contributed by atoms with van der Waals surface area (Å²) in [6.07, 6.45) is 9.41. The van der Waals surface area contributed by atoms with Crippen LogP contribution in [-0.4, -0.2) is 33.9 Å². The minimum atomic E-state index is 0.315. The first-order chi connectivity index (χ1) is 11.5. The van der Waals surface area contributed by atoms with Gasteiger partial charge in [0, 0.05) is 36.0 Å². The van der Waals surface area contributed by atoms with Crippen LogP contribution in [0.2, 0.25) is 0 Å². The fourth-order valence-electron chi connectivity index (χ4n) is 2.87. The zero-order valence-electron chi connectivity index (χ0n) is 14.2. The molecule has 0 atom stereocenters. The number of rotatable bonds is 3. The Kier molecular flexibility index (Phi) is 3.23. The normalized spacial score (nSPS) is 11.7. The SMILES string of the molecule is Cc1cc(C)n2ncc(-c3nccn3-c3cnn(C(C)C)c3)c2n1. The van der Waals surface area contributed by atoms with Crippen LogP contribution in [0.5, 0.6) is 0 Å². The molecule has 0 N–H and O–H groups in total. The Morgan fingerprint density at radius 3 is 2.67 bits per heavy atom. The van der Waals surface area contributed by atoms with Crippen molar-refractivity contribution in [3.63, 3.8) is 0 Å². The van der Waals surface area contributed by atoms with Crippen LogP contribution in [0.3, 0.4) is 0 Å². The van der Waals surface area contributed by atoms with Crippen molar-refractivity contribution >= 4 is 5.65 Å². The maximum Gasteiger partial charge on any atom is 0.166 e. The smallest absolute Gasteiger partial charge is 0.166 e. The van der Waals surface area contributed by atoms with Gasteiger partial charge < -0.3 is 0 Å². The number of hydrogen-bond donors (Lipinski definition) is 0. The summed E-state index contributed by atoms with van der Waals surface area (Å²) in [5.41, 5.74) is 4.71. The molecule has 0 fully saturated rings. The standard InChI is InChI=1S/C17H19N7/c1-11(2)23-10-14(8-19-23)22-6-5-18-16(22)15-9-20-24-13(4)7-12(3)21-17(15)24/h5-11H,1-4H3. The van der Waals surface area contributed by atoms with E-state index in [2.05, 4.69) is 34.0 Å². The molecule has 122 valence electrons. The van der Waals surface area contributed by atoms with Crippen molar-refractivity contribution in [2.45, 2.75) is 33.7 Å². The highest BCUT2D eigenvalue weighted by Gasteiger charge is 2.16. The average Bonchev–Trinajstić information content (AvgIpc) is 3.24. The van der Waals surface area contributed by atoms with Gasteiger partial charge in [-0.3, -0.25) is 9.25 Å². The average molecular weight is 321 g/mol. The number of hydrogen-bond acceptors (Lipinski definition) is 4. The zero-order chi connectivity index (χ0) is 16.8. The summed E-state index contributed by atoms with van der Waals surface area (Å²) in [6.45, 7) is 8.22. The molecule has 0 bridgehead atoms. The number of nitrogens with zero attached hydrogens (tertiary/aromatic N) is 7. The lowest BCUT2D eigenvalue weighted by atomic mass is 10.3. The minimum absolute atomic E-state index is 0.315. The Bertz CT molecular complexity index is 1020. The second-order valence-electron chi connectivity index (χ2n) is 6.23. The molecular weight excluding hydrogens is 302 g/mol. The number of aromatic nitrogens is 7. The quantitative estimate of drug-likeness (QED) is 0.582. The van der Waals surface area contributed by atoms with Gasteiger partial charge in [-0.05, 0) is 33.8 Å². The molecule has 4 aromatic heterocycles. The maximum atomic E-state index is 4.65. The first kappa shape index (κ1) is 14.6. The largest absolute Gasteiger partial charge is 0.296 e. The van der Waals surface area contributed by atoms with Crippen LogP contribution in [-0.2, 0) is 0 Å². The highest BCUT2D eigenvalue weighted by Crippen LogP contribution is 2.25. The predicted octanol–water partition coefficient (Wildman–Crippen LogP) is 2.98. The van der Waals surface area contributed by atoms with E-state index in [-0.39, 0.29) is 0 Å². The molecule has 0 saturated carbocycles. The second-order valence-corrected chi connectivity index (χ2v) is 6.23. The molecular formula is C17H19N7. The molecule has 0 radical (unpaired) electrons. The zero-order valence-corrected chi connectivity index (χ0v) is 14.2. The monoisotopic (exact) mass is 321 g/mol. The van der Waals surface area contributed by atoms with Gasteiger partial charge in [0.25, 0.3) is 0 Å². The first-order valence-electron chi connectivity index (χ1n) is 7.95. The lowest BCUT2D eigenvalue weighted by Crippen LogP contribution is -2.01. The van der Waals surface area contributed by atoms with Crippen molar-refractivity contribution < 1.29 is 0 Å². The first-order valence-corrected chi connectivity index (χ1v) is 7.95. The van der Waals surface area contributed by atoms with Gasteiger partial charge in [0.05, 0.1) is 23.6 Å². The third kappa shape index (κ3) is 2.20. The van der Waals surface area contributed by atoms with Gasteiger partial charge in [0.2, 0.25) is 0 Å². The molecule has 0 unspecified atom stereocenters. The molecule has 0 aromatic carbocycles. The summed E-state index contributed by atoms with van der Waals surface area (Å²) in [6, 6.07) is 2.33. The molecule has 7 nitrogen and oxygen atoms in total. The highest BCUT2D eigenvalue weighted by atomic mass is 15.3. The van der Waals surface area contributed by atoms with Crippen LogP contribution in [0, 0.1) is 13.8 Å². The second kappa shape index (κ2) is 5.30. The summed E-state index contributed by atoms with van der Waals surface area (Å²) < 4.78 is 5.79. The van der Waals surface area contributed by atoms with Crippen molar-refractivity contribution in [2.75, 3.05) is 0 Å². The van der Waals surface area contributed by atoms with Crippen molar-refractivity contribution in [1.29, 1.82) is 0 Å². The van der Waals surface area contributed by atoms with E-state index < -0.39 is 0 Å². The van der Waals surface area contributed by atoms with Crippen LogP contribution in [0.25, 0.3) is 22.7 Å². The van der Waals surface area contributed by atoms with Crippen LogP contribution in [0.1, 0.15) is 31.3 Å². The van der Waals surface area contributed by atoms with E-state index in [0.717, 1.165) is 34.1 Å². The van der Waals surface area contributed by atoms with Gasteiger partial charge in [-0.1, -0.05) is 0 Å². The van der Waals surface area contributed by atoms with Crippen molar-refractivity contribution in [1.82, 2.24) is 33.9 Å². The Morgan fingerprint density at radius 1 is 1.08 bits per heavy atom. The third-order valence-corrected chi connectivity index (χ3v) is 4.05. The summed E-state index contributed by atoms with van der Waals surface area (Å²) in [4.78, 5) is 9.18. The third-order valence-electron chi connectivity index (χ3n) is 4.05. The van der Waals surface area contributed by atoms with E-state index in [0.29, 0.717) is 6.04 Å². The molecule has 0 aliphatic carbocycles. The molecule has 0 aliphatic rings. The van der Waals surface area contributed by atoms with Crippen molar-refractivity contribution in [3.05, 3.63) is 48.4 Å². The van der Waals surface area contributed by atoms with Gasteiger partial charge in [-0.2, -0.15) is 10.2 Å². The molecule has 4 heterocycles. The molecule has 7 heteroatoms. The molecule has 4 rings (SSSR count). The summed E-state index contributed by atoms with van der Waals surface area (Å²) in [5, 5.41) is 8.88. The molecule has 24 heavy (non-hydrogen) atoms. The van der Waals surface area contributed by atoms with Crippen molar-refractivity contribution in [3.8, 4) is 17.1 Å². The van der Waals surface area contributed by atoms with Crippen molar-refractivity contribution in [2.24, 2.45) is 0 Å². The van der Waals surface area contributed by atoms with Crippen LogP contribution in [0.15, 0.2) is 37.1 Å². The van der Waals surface area contributed by atoms with Gasteiger partial charge in [0.1, 0.15) is 5.82 Å². The molecule has 4 aromatic rings. The molecule has 0 amide bonds. The van der Waals surface area contributed by atoms with E-state index >= 15 is 0 Å². The summed E-state index contributed by atoms with van der Waals surface area (Å²) in [7, 11) is 0. The summed E-state index contributed by atoms with van der Waals surface area (Å²) in [5.74, 6) is 0.811. The van der Waals surface area contributed by atoms with E-state index in [4.69, 9.17) is 0 Å². The van der Waals surface area contributed by atoms with Gasteiger partial charge in [-0.15, -0.1) is 0 Å². The van der Waals surface area contributed by atoms with Crippen LogP contribution in [0.4, 0.5) is 0 Å². The Balaban J connectivity index is 1.88. The highest BCUT2D eigenvalue weighted by molar-refractivity contribution is 5.73. The minimum Gasteiger partial charge on any atom is -0.296 e. The fraction of sp³-hybridized carbons (Fsp3) is 0.294. The molecule has 0 spiro atoms. The Hall–Kier alpha value is -2.96. The molecule has 0 saturated heterocycles. The fourth-order valence-corrected chi connectivity index (χ4v) is 2.87. The van der Waals surface area contributed by atoms with Gasteiger partial charge in [-0.25, -0.2) is 14.5 Å². The topological polar surface area (TPSA) is 65.8 Å². The lowest BCUT2D eigenvalue weighted by Gasteiger charge is -2.06. The maximum absolute atomic E-state index is 4.65. The predicted molar refractivity (Wildman–Crippen MR) is 91.2 cm³/mol. The Morgan fingerprint density at radius 2 is 1.92 bits per heavy atom. The van der Waals surface area contributed by atoms with E-state index in [1.54, 1.807) is 6.20 Å². The Labute approximate surface area is 139 Å². The number of aryl methyl sites for hydroxylation is 2. The number of imidazole rings is 1. The summed E-state index contributed by atoms with van der Waals surface area (Å²) >= 11 is 0.